The van der Waals surface area contributed by atoms with Crippen LogP contribution in [0.3, 0.4) is 0 Å². The standard InChI is InChI=1S/C14H11N3O5S/c18-17(19)10-4-3-5-11(8-10)23(20,21)15-9-14-16-12-6-1-2-7-13(12)22-14/h1-8,15H,9H2. The van der Waals surface area contributed by atoms with Crippen LogP contribution in [-0.2, 0) is 16.6 Å². The lowest BCUT2D eigenvalue weighted by Crippen LogP contribution is -2.23. The average Bonchev–Trinajstić information content (AvgIpc) is 2.96. The fraction of sp³-hybridized carbons (Fsp3) is 0.0714. The number of hydrogen-bond acceptors (Lipinski definition) is 6. The Bertz CT molecular complexity index is 948. The van der Waals surface area contributed by atoms with E-state index in [9.17, 15) is 18.5 Å². The molecule has 0 radical (unpaired) electrons. The fourth-order valence-electron chi connectivity index (χ4n) is 2.00. The van der Waals surface area contributed by atoms with Gasteiger partial charge in [0.25, 0.3) is 5.69 Å². The number of nitrogens with one attached hydrogen (secondary N) is 1. The van der Waals surface area contributed by atoms with Gasteiger partial charge in [0.05, 0.1) is 16.4 Å². The molecule has 1 heterocycles. The SMILES string of the molecule is O=[N+]([O-])c1cccc(S(=O)(=O)NCc2nc3ccccc3o2)c1. The normalized spacial score (nSPS) is 11.7. The molecule has 0 aliphatic carbocycles. The summed E-state index contributed by atoms with van der Waals surface area (Å²) < 4.78 is 32.1. The quantitative estimate of drug-likeness (QED) is 0.565. The number of oxazole rings is 1. The molecule has 118 valence electrons. The molecule has 9 heteroatoms. The minimum absolute atomic E-state index is 0.153. The van der Waals surface area contributed by atoms with Gasteiger partial charge < -0.3 is 4.42 Å². The average molecular weight is 333 g/mol. The third-order valence-corrected chi connectivity index (χ3v) is 4.49. The zero-order valence-electron chi connectivity index (χ0n) is 11.7. The molecule has 0 aliphatic rings. The van der Waals surface area contributed by atoms with Gasteiger partial charge in [0.2, 0.25) is 15.9 Å². The van der Waals surface area contributed by atoms with E-state index in [1.165, 1.54) is 18.2 Å². The lowest BCUT2D eigenvalue weighted by Gasteiger charge is -2.04. The van der Waals surface area contributed by atoms with Gasteiger partial charge in [0.15, 0.2) is 5.58 Å². The van der Waals surface area contributed by atoms with Crippen molar-refractivity contribution in [2.24, 2.45) is 0 Å². The molecule has 0 fully saturated rings. The summed E-state index contributed by atoms with van der Waals surface area (Å²) >= 11 is 0. The molecule has 3 rings (SSSR count). The van der Waals surface area contributed by atoms with Gasteiger partial charge >= 0.3 is 0 Å². The summed E-state index contributed by atoms with van der Waals surface area (Å²) in [5.74, 6) is 0.209. The molecule has 8 nitrogen and oxygen atoms in total. The van der Waals surface area contributed by atoms with Gasteiger partial charge in [-0.2, -0.15) is 0 Å². The zero-order valence-corrected chi connectivity index (χ0v) is 12.5. The Morgan fingerprint density at radius 2 is 1.96 bits per heavy atom. The highest BCUT2D eigenvalue weighted by Crippen LogP contribution is 2.18. The predicted molar refractivity (Wildman–Crippen MR) is 81.1 cm³/mol. The third-order valence-electron chi connectivity index (χ3n) is 3.09. The summed E-state index contributed by atoms with van der Waals surface area (Å²) in [7, 11) is -3.91. The molecule has 0 spiro atoms. The van der Waals surface area contributed by atoms with E-state index in [0.717, 1.165) is 6.07 Å². The van der Waals surface area contributed by atoms with E-state index in [0.29, 0.717) is 11.1 Å². The Hall–Kier alpha value is -2.78. The summed E-state index contributed by atoms with van der Waals surface area (Å²) in [6.07, 6.45) is 0. The first kappa shape index (κ1) is 15.1. The van der Waals surface area contributed by atoms with E-state index in [2.05, 4.69) is 9.71 Å². The number of aromatic nitrogens is 1. The number of fused-ring (bicyclic) bond motifs is 1. The summed E-state index contributed by atoms with van der Waals surface area (Å²) in [5.41, 5.74) is 0.879. The number of benzene rings is 2. The summed E-state index contributed by atoms with van der Waals surface area (Å²) in [6, 6.07) is 11.9. The molecule has 0 aliphatic heterocycles. The maximum atomic E-state index is 12.2. The van der Waals surface area contributed by atoms with E-state index < -0.39 is 14.9 Å². The first-order valence-corrected chi connectivity index (χ1v) is 8.02. The Morgan fingerprint density at radius 1 is 1.17 bits per heavy atom. The van der Waals surface area contributed by atoms with E-state index >= 15 is 0 Å². The predicted octanol–water partition coefficient (Wildman–Crippen LogP) is 2.21. The van der Waals surface area contributed by atoms with Crippen molar-refractivity contribution < 1.29 is 17.8 Å². The molecule has 0 bridgehead atoms. The Morgan fingerprint density at radius 3 is 2.70 bits per heavy atom. The number of rotatable bonds is 5. The van der Waals surface area contributed by atoms with E-state index in [1.807, 2.05) is 0 Å². The highest BCUT2D eigenvalue weighted by atomic mass is 32.2. The highest BCUT2D eigenvalue weighted by molar-refractivity contribution is 7.89. The lowest BCUT2D eigenvalue weighted by molar-refractivity contribution is -0.385. The van der Waals surface area contributed by atoms with Gasteiger partial charge in [-0.15, -0.1) is 0 Å². The third kappa shape index (κ3) is 3.20. The number of nitrogens with zero attached hydrogens (tertiary/aromatic N) is 2. The second-order valence-electron chi connectivity index (χ2n) is 4.65. The highest BCUT2D eigenvalue weighted by Gasteiger charge is 2.18. The van der Waals surface area contributed by atoms with Crippen LogP contribution in [0.25, 0.3) is 11.1 Å². The van der Waals surface area contributed by atoms with Crippen molar-refractivity contribution in [3.8, 4) is 0 Å². The van der Waals surface area contributed by atoms with Crippen LogP contribution in [0.2, 0.25) is 0 Å². The smallest absolute Gasteiger partial charge is 0.270 e. The van der Waals surface area contributed by atoms with Crippen molar-refractivity contribution in [2.75, 3.05) is 0 Å². The van der Waals surface area contributed by atoms with Crippen LogP contribution in [0.15, 0.2) is 57.8 Å². The molecule has 3 aromatic rings. The number of nitro benzene ring substituents is 1. The van der Waals surface area contributed by atoms with Crippen LogP contribution in [-0.4, -0.2) is 18.3 Å². The molecular weight excluding hydrogens is 322 g/mol. The molecule has 0 atom stereocenters. The number of sulfonamides is 1. The number of nitro groups is 1. The van der Waals surface area contributed by atoms with E-state index in [4.69, 9.17) is 4.42 Å². The van der Waals surface area contributed by atoms with Gasteiger partial charge in [0, 0.05) is 12.1 Å². The molecule has 0 saturated carbocycles. The topological polar surface area (TPSA) is 115 Å². The molecule has 0 saturated heterocycles. The van der Waals surface area contributed by atoms with Crippen LogP contribution in [0, 0.1) is 10.1 Å². The van der Waals surface area contributed by atoms with E-state index in [-0.39, 0.29) is 23.0 Å². The minimum atomic E-state index is -3.91. The second-order valence-corrected chi connectivity index (χ2v) is 6.42. The fourth-order valence-corrected chi connectivity index (χ4v) is 3.01. The van der Waals surface area contributed by atoms with Crippen LogP contribution >= 0.6 is 0 Å². The van der Waals surface area contributed by atoms with E-state index in [1.54, 1.807) is 24.3 Å². The van der Waals surface area contributed by atoms with Gasteiger partial charge in [0.1, 0.15) is 5.52 Å². The van der Waals surface area contributed by atoms with Crippen LogP contribution < -0.4 is 4.72 Å². The van der Waals surface area contributed by atoms with Crippen LogP contribution in [0.5, 0.6) is 0 Å². The first-order valence-electron chi connectivity index (χ1n) is 6.54. The maximum absolute atomic E-state index is 12.2. The molecule has 2 aromatic carbocycles. The van der Waals surface area contributed by atoms with Crippen molar-refractivity contribution in [3.63, 3.8) is 0 Å². The number of hydrogen-bond donors (Lipinski definition) is 1. The second kappa shape index (κ2) is 5.78. The Labute approximate surface area is 131 Å². The van der Waals surface area contributed by atoms with Gasteiger partial charge in [-0.1, -0.05) is 18.2 Å². The molecule has 0 amide bonds. The monoisotopic (exact) mass is 333 g/mol. The maximum Gasteiger partial charge on any atom is 0.270 e. The van der Waals surface area contributed by atoms with Gasteiger partial charge in [-0.05, 0) is 18.2 Å². The van der Waals surface area contributed by atoms with Crippen LogP contribution in [0.1, 0.15) is 5.89 Å². The Kier molecular flexibility index (Phi) is 3.80. The van der Waals surface area contributed by atoms with Gasteiger partial charge in [-0.25, -0.2) is 18.1 Å². The molecule has 23 heavy (non-hydrogen) atoms. The number of non-ortho nitro benzene ring substituents is 1. The largest absolute Gasteiger partial charge is 0.439 e. The van der Waals surface area contributed by atoms with Gasteiger partial charge in [-0.3, -0.25) is 10.1 Å². The zero-order chi connectivity index (χ0) is 16.4. The first-order chi connectivity index (χ1) is 11.0. The van der Waals surface area contributed by atoms with Crippen molar-refractivity contribution in [3.05, 3.63) is 64.5 Å². The minimum Gasteiger partial charge on any atom is -0.439 e. The Balaban J connectivity index is 1.81. The summed E-state index contributed by atoms with van der Waals surface area (Å²) in [5, 5.41) is 10.7. The number of para-hydroxylation sites is 2. The van der Waals surface area contributed by atoms with Crippen LogP contribution in [0.4, 0.5) is 5.69 Å². The molecular formula is C14H11N3O5S. The van der Waals surface area contributed by atoms with Crippen molar-refractivity contribution >= 4 is 26.8 Å². The van der Waals surface area contributed by atoms with Crippen molar-refractivity contribution in [1.82, 2.24) is 9.71 Å². The molecule has 1 N–H and O–H groups in total. The molecule has 0 unspecified atom stereocenters. The lowest BCUT2D eigenvalue weighted by atomic mass is 10.3. The van der Waals surface area contributed by atoms with Crippen molar-refractivity contribution in [1.29, 1.82) is 0 Å². The summed E-state index contributed by atoms with van der Waals surface area (Å²) in [4.78, 5) is 14.0. The summed E-state index contributed by atoms with van der Waals surface area (Å²) in [6.45, 7) is -0.153. The molecule has 1 aromatic heterocycles. The van der Waals surface area contributed by atoms with Crippen molar-refractivity contribution in [2.45, 2.75) is 11.4 Å².